The van der Waals surface area contributed by atoms with Crippen molar-refractivity contribution in [2.75, 3.05) is 0 Å². The molecule has 0 aliphatic rings. The molecule has 2 aromatic carbocycles. The zero-order valence-electron chi connectivity index (χ0n) is 21.4. The molecule has 0 fully saturated rings. The van der Waals surface area contributed by atoms with E-state index in [1.807, 2.05) is 0 Å². The predicted octanol–water partition coefficient (Wildman–Crippen LogP) is 7.70. The van der Waals surface area contributed by atoms with Crippen LogP contribution in [0.3, 0.4) is 0 Å². The fraction of sp³-hybridized carbons (Fsp3) is 0.538. The summed E-state index contributed by atoms with van der Waals surface area (Å²) in [7, 11) is 0. The SMILES string of the molecule is CCCc1c([O][Sn]([CH3])([CH3])[O][Sn]([CH3])([CH3])[O]c2ccc(C)c(C)c2CCC)ccc(C)c1C. The van der Waals surface area contributed by atoms with Gasteiger partial charge < -0.3 is 0 Å². The summed E-state index contributed by atoms with van der Waals surface area (Å²) in [5.41, 5.74) is 8.02. The van der Waals surface area contributed by atoms with Crippen molar-refractivity contribution in [2.45, 2.75) is 87.0 Å². The Bertz CT molecular complexity index is 831. The molecule has 0 amide bonds. The average molecular weight is 640 g/mol. The predicted molar refractivity (Wildman–Crippen MR) is 137 cm³/mol. The molecule has 0 aromatic heterocycles. The fourth-order valence-electron chi connectivity index (χ4n) is 4.17. The van der Waals surface area contributed by atoms with Gasteiger partial charge in [0.15, 0.2) is 0 Å². The maximum absolute atomic E-state index is 6.82. The first-order chi connectivity index (χ1) is 14.4. The van der Waals surface area contributed by atoms with Crippen molar-refractivity contribution in [1.29, 1.82) is 0 Å². The molecule has 0 aliphatic carbocycles. The van der Waals surface area contributed by atoms with Crippen LogP contribution in [0.2, 0.25) is 19.8 Å². The van der Waals surface area contributed by atoms with Crippen molar-refractivity contribution in [3.05, 3.63) is 57.6 Å². The van der Waals surface area contributed by atoms with Crippen molar-refractivity contribution >= 4 is 38.4 Å². The van der Waals surface area contributed by atoms with Gasteiger partial charge in [-0.05, 0) is 0 Å². The van der Waals surface area contributed by atoms with E-state index in [2.05, 4.69) is 85.6 Å². The Morgan fingerprint density at radius 1 is 0.613 bits per heavy atom. The Balaban J connectivity index is 2.25. The van der Waals surface area contributed by atoms with E-state index in [0.717, 1.165) is 37.2 Å². The van der Waals surface area contributed by atoms with Gasteiger partial charge in [0.1, 0.15) is 0 Å². The summed E-state index contributed by atoms with van der Waals surface area (Å²) in [5, 5.41) is 0. The summed E-state index contributed by atoms with van der Waals surface area (Å²) in [6, 6.07) is 8.62. The third-order valence-electron chi connectivity index (χ3n) is 5.86. The van der Waals surface area contributed by atoms with E-state index in [4.69, 9.17) is 7.56 Å². The van der Waals surface area contributed by atoms with Crippen LogP contribution in [0, 0.1) is 27.7 Å². The molecule has 0 unspecified atom stereocenters. The van der Waals surface area contributed by atoms with Crippen LogP contribution in [0.15, 0.2) is 24.3 Å². The molecule has 2 aromatic rings. The average Bonchev–Trinajstić information content (AvgIpc) is 2.66. The van der Waals surface area contributed by atoms with Crippen LogP contribution in [-0.4, -0.2) is 38.4 Å². The van der Waals surface area contributed by atoms with Gasteiger partial charge in [0.05, 0.1) is 0 Å². The van der Waals surface area contributed by atoms with Gasteiger partial charge in [-0.3, -0.25) is 0 Å². The number of aryl methyl sites for hydroxylation is 2. The van der Waals surface area contributed by atoms with Crippen LogP contribution in [0.5, 0.6) is 11.5 Å². The summed E-state index contributed by atoms with van der Waals surface area (Å²) >= 11 is -6.56. The van der Waals surface area contributed by atoms with Crippen molar-refractivity contribution < 1.29 is 7.56 Å². The molecular weight excluding hydrogens is 598 g/mol. The first kappa shape index (κ1) is 26.8. The van der Waals surface area contributed by atoms with E-state index >= 15 is 0 Å². The van der Waals surface area contributed by atoms with E-state index in [0.29, 0.717) is 0 Å². The van der Waals surface area contributed by atoms with E-state index in [1.165, 1.54) is 33.4 Å². The van der Waals surface area contributed by atoms with E-state index < -0.39 is 38.4 Å². The summed E-state index contributed by atoms with van der Waals surface area (Å²) in [5.74, 6) is 2.04. The summed E-state index contributed by atoms with van der Waals surface area (Å²) < 4.78 is 20.2. The number of rotatable bonds is 10. The third-order valence-corrected chi connectivity index (χ3v) is 31.5. The van der Waals surface area contributed by atoms with Gasteiger partial charge in [-0.15, -0.1) is 0 Å². The van der Waals surface area contributed by atoms with Crippen LogP contribution < -0.4 is 6.15 Å². The second-order valence-corrected chi connectivity index (χ2v) is 31.2. The normalized spacial score (nSPS) is 12.2. The van der Waals surface area contributed by atoms with Gasteiger partial charge in [-0.1, -0.05) is 0 Å². The Morgan fingerprint density at radius 2 is 0.968 bits per heavy atom. The minimum atomic E-state index is -3.28. The van der Waals surface area contributed by atoms with Crippen LogP contribution in [0.1, 0.15) is 60.1 Å². The van der Waals surface area contributed by atoms with Gasteiger partial charge in [0.25, 0.3) is 0 Å². The number of hydrogen-bond acceptors (Lipinski definition) is 3. The van der Waals surface area contributed by atoms with E-state index in [9.17, 15) is 0 Å². The van der Waals surface area contributed by atoms with Crippen molar-refractivity contribution in [1.82, 2.24) is 0 Å². The van der Waals surface area contributed by atoms with Gasteiger partial charge in [0.2, 0.25) is 0 Å². The molecule has 2 rings (SSSR count). The molecule has 172 valence electrons. The third kappa shape index (κ3) is 7.29. The molecule has 3 nitrogen and oxygen atoms in total. The molecule has 0 heterocycles. The second kappa shape index (κ2) is 11.1. The summed E-state index contributed by atoms with van der Waals surface area (Å²) in [6.07, 6.45) is 4.30. The first-order valence-corrected chi connectivity index (χ1v) is 27.7. The second-order valence-electron chi connectivity index (χ2n) is 9.57. The zero-order valence-corrected chi connectivity index (χ0v) is 27.1. The first-order valence-electron chi connectivity index (χ1n) is 11.7. The Morgan fingerprint density at radius 3 is 1.29 bits per heavy atom. The molecule has 0 saturated carbocycles. The quantitative estimate of drug-likeness (QED) is 0.250. The van der Waals surface area contributed by atoms with Crippen molar-refractivity contribution in [3.63, 3.8) is 0 Å². The molecule has 0 atom stereocenters. The van der Waals surface area contributed by atoms with Crippen molar-refractivity contribution in [3.8, 4) is 11.5 Å². The molecule has 31 heavy (non-hydrogen) atoms. The Labute approximate surface area is 200 Å². The fourth-order valence-corrected chi connectivity index (χ4v) is 36.2. The Kier molecular flexibility index (Phi) is 9.65. The van der Waals surface area contributed by atoms with Gasteiger partial charge in [0, 0.05) is 0 Å². The number of hydrogen-bond donors (Lipinski definition) is 0. The van der Waals surface area contributed by atoms with Gasteiger partial charge >= 0.3 is 202 Å². The summed E-state index contributed by atoms with van der Waals surface area (Å²) in [4.78, 5) is 8.87. The molecule has 0 bridgehead atoms. The van der Waals surface area contributed by atoms with Crippen LogP contribution in [-0.2, 0) is 14.3 Å². The van der Waals surface area contributed by atoms with E-state index in [1.54, 1.807) is 0 Å². The molecule has 0 spiro atoms. The molecule has 0 radical (unpaired) electrons. The standard InChI is InChI=1S/2C11H16O.4CH3.O.2Sn/c2*1-4-5-10-9(3)8(2)6-7-11(10)12;;;;;;;/h2*6-7,12H,4-5H2,1-3H3;4*1H3;;;/q;;;;;;;2*+1/p-2. The molecule has 5 heteroatoms. The van der Waals surface area contributed by atoms with Crippen LogP contribution in [0.25, 0.3) is 0 Å². The number of benzene rings is 2. The maximum atomic E-state index is 6.82. The van der Waals surface area contributed by atoms with E-state index in [-0.39, 0.29) is 0 Å². The van der Waals surface area contributed by atoms with Gasteiger partial charge in [-0.25, -0.2) is 0 Å². The zero-order chi connectivity index (χ0) is 23.4. The van der Waals surface area contributed by atoms with Crippen molar-refractivity contribution in [2.24, 2.45) is 0 Å². The minimum absolute atomic E-state index is 1.02. The molecule has 0 saturated heterocycles. The summed E-state index contributed by atoms with van der Waals surface area (Å²) in [6.45, 7) is 13.2. The molecular formula is C26H42O3Sn2. The molecule has 0 aliphatic heterocycles. The monoisotopic (exact) mass is 642 g/mol. The van der Waals surface area contributed by atoms with Crippen LogP contribution in [0.4, 0.5) is 0 Å². The van der Waals surface area contributed by atoms with Gasteiger partial charge in [-0.2, -0.15) is 0 Å². The molecule has 0 N–H and O–H groups in total. The Hall–Kier alpha value is -0.403. The van der Waals surface area contributed by atoms with Crippen LogP contribution >= 0.6 is 0 Å². The topological polar surface area (TPSA) is 27.7 Å².